The van der Waals surface area contributed by atoms with E-state index in [1.54, 1.807) is 0 Å². The summed E-state index contributed by atoms with van der Waals surface area (Å²) >= 11 is 6.60. The van der Waals surface area contributed by atoms with Gasteiger partial charge in [0.25, 0.3) is 0 Å². The van der Waals surface area contributed by atoms with E-state index in [2.05, 4.69) is 59.6 Å². The lowest BCUT2D eigenvalue weighted by atomic mass is 10.1. The summed E-state index contributed by atoms with van der Waals surface area (Å²) in [7, 11) is 0. The molecule has 1 heterocycles. The van der Waals surface area contributed by atoms with Gasteiger partial charge in [-0.25, -0.2) is 0 Å². The number of rotatable bonds is 7. The Morgan fingerprint density at radius 1 is 0.933 bits per heavy atom. The molecule has 3 nitrogen and oxygen atoms in total. The molecule has 1 aliphatic heterocycles. The van der Waals surface area contributed by atoms with Crippen molar-refractivity contribution in [2.24, 2.45) is 0 Å². The van der Waals surface area contributed by atoms with Crippen LogP contribution in [0.1, 0.15) is 36.0 Å². The highest BCUT2D eigenvalue weighted by Crippen LogP contribution is 2.31. The first-order valence-corrected chi connectivity index (χ1v) is 11.1. The number of benzene rings is 3. The van der Waals surface area contributed by atoms with Gasteiger partial charge in [-0.2, -0.15) is 0 Å². The van der Waals surface area contributed by atoms with Gasteiger partial charge in [0.1, 0.15) is 12.4 Å². The smallest absolute Gasteiger partial charge is 0.124 e. The molecule has 156 valence electrons. The molecule has 0 atom stereocenters. The number of hydrogen-bond donors (Lipinski definition) is 1. The van der Waals surface area contributed by atoms with Crippen molar-refractivity contribution in [3.05, 3.63) is 88.4 Å². The highest BCUT2D eigenvalue weighted by Gasteiger charge is 2.14. The van der Waals surface area contributed by atoms with Crippen LogP contribution in [-0.2, 0) is 13.2 Å². The lowest BCUT2D eigenvalue weighted by Gasteiger charge is -2.29. The summed E-state index contributed by atoms with van der Waals surface area (Å²) in [5, 5.41) is 4.31. The van der Waals surface area contributed by atoms with Crippen LogP contribution in [0.4, 0.5) is 11.4 Å². The van der Waals surface area contributed by atoms with E-state index in [-0.39, 0.29) is 0 Å². The highest BCUT2D eigenvalue weighted by molar-refractivity contribution is 6.33. The van der Waals surface area contributed by atoms with E-state index in [9.17, 15) is 0 Å². The number of halogens is 1. The quantitative estimate of drug-likeness (QED) is 0.453. The molecule has 0 aromatic heterocycles. The molecule has 0 aliphatic carbocycles. The van der Waals surface area contributed by atoms with Gasteiger partial charge in [0, 0.05) is 30.9 Å². The number of para-hydroxylation sites is 1. The molecule has 1 saturated heterocycles. The van der Waals surface area contributed by atoms with Gasteiger partial charge >= 0.3 is 0 Å². The maximum absolute atomic E-state index is 6.60. The second-order valence-electron chi connectivity index (χ2n) is 7.95. The molecule has 3 aromatic carbocycles. The molecule has 1 aliphatic rings. The molecule has 4 heteroatoms. The molecule has 1 fully saturated rings. The number of piperidine rings is 1. The van der Waals surface area contributed by atoms with Crippen LogP contribution in [0.3, 0.4) is 0 Å². The standard InChI is InChI=1S/C26H29ClN2O/c1-20-9-11-21(12-10-20)19-30-26-8-4-3-7-22(26)18-28-23-13-14-25(24(27)17-23)29-15-5-2-6-16-29/h3-4,7-14,17,28H,2,5-6,15-16,18-19H2,1H3. The second kappa shape index (κ2) is 9.90. The summed E-state index contributed by atoms with van der Waals surface area (Å²) in [5.74, 6) is 0.904. The largest absolute Gasteiger partial charge is 0.489 e. The van der Waals surface area contributed by atoms with Gasteiger partial charge in [-0.3, -0.25) is 0 Å². The van der Waals surface area contributed by atoms with Crippen molar-refractivity contribution in [1.29, 1.82) is 0 Å². The Morgan fingerprint density at radius 2 is 1.70 bits per heavy atom. The Balaban J connectivity index is 1.39. The monoisotopic (exact) mass is 420 g/mol. The third-order valence-electron chi connectivity index (χ3n) is 5.61. The normalized spacial score (nSPS) is 13.9. The molecule has 0 unspecified atom stereocenters. The van der Waals surface area contributed by atoms with Crippen LogP contribution in [0.5, 0.6) is 5.75 Å². The first-order valence-electron chi connectivity index (χ1n) is 10.7. The van der Waals surface area contributed by atoms with Crippen molar-refractivity contribution >= 4 is 23.0 Å². The number of anilines is 2. The van der Waals surface area contributed by atoms with E-state index in [4.69, 9.17) is 16.3 Å². The molecule has 30 heavy (non-hydrogen) atoms. The Morgan fingerprint density at radius 3 is 2.47 bits per heavy atom. The van der Waals surface area contributed by atoms with Gasteiger partial charge in [0.15, 0.2) is 0 Å². The summed E-state index contributed by atoms with van der Waals surface area (Å²) in [6.07, 6.45) is 3.81. The molecular weight excluding hydrogens is 392 g/mol. The van der Waals surface area contributed by atoms with Crippen LogP contribution in [0.15, 0.2) is 66.7 Å². The van der Waals surface area contributed by atoms with Crippen LogP contribution >= 0.6 is 11.6 Å². The molecule has 3 aromatic rings. The van der Waals surface area contributed by atoms with E-state index in [0.717, 1.165) is 40.8 Å². The molecule has 0 amide bonds. The molecule has 4 rings (SSSR count). The lowest BCUT2D eigenvalue weighted by Crippen LogP contribution is -2.29. The van der Waals surface area contributed by atoms with E-state index >= 15 is 0 Å². The fourth-order valence-corrected chi connectivity index (χ4v) is 4.14. The Bertz CT molecular complexity index is 965. The first-order chi connectivity index (χ1) is 14.7. The van der Waals surface area contributed by atoms with Gasteiger partial charge in [-0.15, -0.1) is 0 Å². The minimum Gasteiger partial charge on any atom is -0.489 e. The summed E-state index contributed by atoms with van der Waals surface area (Å²) in [5.41, 5.74) is 5.72. The molecule has 0 radical (unpaired) electrons. The summed E-state index contributed by atoms with van der Waals surface area (Å²) in [4.78, 5) is 2.39. The van der Waals surface area contributed by atoms with Crippen molar-refractivity contribution in [3.8, 4) is 5.75 Å². The number of nitrogens with one attached hydrogen (secondary N) is 1. The van der Waals surface area contributed by atoms with Crippen LogP contribution in [0.2, 0.25) is 5.02 Å². The van der Waals surface area contributed by atoms with E-state index in [1.807, 2.05) is 24.3 Å². The van der Waals surface area contributed by atoms with Crippen molar-refractivity contribution in [1.82, 2.24) is 0 Å². The maximum Gasteiger partial charge on any atom is 0.124 e. The van der Waals surface area contributed by atoms with Gasteiger partial charge in [0.2, 0.25) is 0 Å². The fraction of sp³-hybridized carbons (Fsp3) is 0.308. The van der Waals surface area contributed by atoms with Gasteiger partial charge in [0.05, 0.1) is 10.7 Å². The SMILES string of the molecule is Cc1ccc(COc2ccccc2CNc2ccc(N3CCCCC3)c(Cl)c2)cc1. The highest BCUT2D eigenvalue weighted by atomic mass is 35.5. The van der Waals surface area contributed by atoms with Crippen molar-refractivity contribution < 1.29 is 4.74 Å². The summed E-state index contributed by atoms with van der Waals surface area (Å²) in [6, 6.07) is 22.9. The third-order valence-corrected chi connectivity index (χ3v) is 5.92. The zero-order chi connectivity index (χ0) is 20.8. The predicted octanol–water partition coefficient (Wildman–Crippen LogP) is 6.83. The Labute approximate surface area is 184 Å². The summed E-state index contributed by atoms with van der Waals surface area (Å²) < 4.78 is 6.10. The van der Waals surface area contributed by atoms with Crippen LogP contribution < -0.4 is 15.0 Å². The number of ether oxygens (including phenoxy) is 1. The van der Waals surface area contributed by atoms with Gasteiger partial charge in [-0.1, -0.05) is 59.6 Å². The number of hydrogen-bond acceptors (Lipinski definition) is 3. The van der Waals surface area contributed by atoms with Crippen LogP contribution in [0.25, 0.3) is 0 Å². The van der Waals surface area contributed by atoms with Gasteiger partial charge in [-0.05, 0) is 56.0 Å². The minimum absolute atomic E-state index is 0.563. The van der Waals surface area contributed by atoms with E-state index in [1.165, 1.54) is 30.4 Å². The Kier molecular flexibility index (Phi) is 6.81. The number of aryl methyl sites for hydroxylation is 1. The average molecular weight is 421 g/mol. The summed E-state index contributed by atoms with van der Waals surface area (Å²) in [6.45, 7) is 5.53. The first kappa shape index (κ1) is 20.6. The fourth-order valence-electron chi connectivity index (χ4n) is 3.84. The van der Waals surface area contributed by atoms with Crippen molar-refractivity contribution in [2.75, 3.05) is 23.3 Å². The van der Waals surface area contributed by atoms with Gasteiger partial charge < -0.3 is 15.0 Å². The molecule has 0 bridgehead atoms. The Hall–Kier alpha value is -2.65. The predicted molar refractivity (Wildman–Crippen MR) is 127 cm³/mol. The van der Waals surface area contributed by atoms with Crippen molar-refractivity contribution in [2.45, 2.75) is 39.3 Å². The molecule has 0 spiro atoms. The minimum atomic E-state index is 0.563. The van der Waals surface area contributed by atoms with E-state index in [0.29, 0.717) is 13.2 Å². The molecule has 1 N–H and O–H groups in total. The third kappa shape index (κ3) is 5.28. The zero-order valence-electron chi connectivity index (χ0n) is 17.5. The molecular formula is C26H29ClN2O. The number of nitrogens with zero attached hydrogens (tertiary/aromatic N) is 1. The topological polar surface area (TPSA) is 24.5 Å². The molecule has 0 saturated carbocycles. The van der Waals surface area contributed by atoms with E-state index < -0.39 is 0 Å². The second-order valence-corrected chi connectivity index (χ2v) is 8.36. The maximum atomic E-state index is 6.60. The van der Waals surface area contributed by atoms with Crippen LogP contribution in [0, 0.1) is 6.92 Å². The van der Waals surface area contributed by atoms with Crippen LogP contribution in [-0.4, -0.2) is 13.1 Å². The average Bonchev–Trinajstić information content (AvgIpc) is 2.78. The zero-order valence-corrected chi connectivity index (χ0v) is 18.3. The lowest BCUT2D eigenvalue weighted by molar-refractivity contribution is 0.303. The van der Waals surface area contributed by atoms with Crippen molar-refractivity contribution in [3.63, 3.8) is 0 Å².